The highest BCUT2D eigenvalue weighted by Gasteiger charge is 1.98. The molecule has 0 atom stereocenters. The molecule has 0 spiro atoms. The number of amides is 1. The topological polar surface area (TPSA) is 32.3 Å². The van der Waals surface area contributed by atoms with Crippen LogP contribution in [0, 0.1) is 6.92 Å². The zero-order valence-corrected chi connectivity index (χ0v) is 5.98. The third kappa shape index (κ3) is 5.30. The molecular weight excluding hydrogens is 116 g/mol. The van der Waals surface area contributed by atoms with Gasteiger partial charge in [-0.1, -0.05) is 0 Å². The van der Waals surface area contributed by atoms with Crippen molar-refractivity contribution in [1.29, 1.82) is 0 Å². The smallest absolute Gasteiger partial charge is 0.234 e. The van der Waals surface area contributed by atoms with E-state index in [9.17, 15) is 4.79 Å². The lowest BCUT2D eigenvalue weighted by Gasteiger charge is -2.07. The standard InChI is InChI=1S/C6H13N2O/c1-4-7-6(9)5-8(2)3/h1,4-5H2,2-3H3,(H,7,9). The molecule has 0 aromatic heterocycles. The van der Waals surface area contributed by atoms with Crippen LogP contribution >= 0.6 is 0 Å². The molecule has 0 aliphatic rings. The van der Waals surface area contributed by atoms with Crippen LogP contribution in [0.1, 0.15) is 0 Å². The van der Waals surface area contributed by atoms with Gasteiger partial charge >= 0.3 is 0 Å². The van der Waals surface area contributed by atoms with Crippen molar-refractivity contribution in [3.63, 3.8) is 0 Å². The molecule has 1 N–H and O–H groups in total. The first-order valence-electron chi connectivity index (χ1n) is 2.87. The van der Waals surface area contributed by atoms with E-state index in [1.807, 2.05) is 19.0 Å². The molecule has 0 heterocycles. The van der Waals surface area contributed by atoms with E-state index in [2.05, 4.69) is 12.2 Å². The minimum Gasteiger partial charge on any atom is -0.355 e. The summed E-state index contributed by atoms with van der Waals surface area (Å²) in [5.74, 6) is 0.0231. The minimum atomic E-state index is 0.0231. The molecular formula is C6H13N2O. The molecule has 53 valence electrons. The molecule has 0 unspecified atom stereocenters. The summed E-state index contributed by atoms with van der Waals surface area (Å²) in [6, 6.07) is 0. The number of hydrogen-bond acceptors (Lipinski definition) is 2. The van der Waals surface area contributed by atoms with Gasteiger partial charge in [0, 0.05) is 6.54 Å². The molecule has 0 aliphatic carbocycles. The number of likely N-dealkylation sites (N-methyl/N-ethyl adjacent to an activating group) is 1. The Bertz CT molecular complexity index is 91.1. The van der Waals surface area contributed by atoms with Crippen LogP contribution in [0.15, 0.2) is 0 Å². The lowest BCUT2D eigenvalue weighted by atomic mass is 10.5. The van der Waals surface area contributed by atoms with Crippen molar-refractivity contribution in [3.8, 4) is 0 Å². The second kappa shape index (κ2) is 4.32. The Balaban J connectivity index is 3.27. The molecule has 1 amide bonds. The average molecular weight is 129 g/mol. The molecule has 0 aromatic rings. The normalized spacial score (nSPS) is 9.78. The Morgan fingerprint density at radius 3 is 2.56 bits per heavy atom. The number of rotatable bonds is 3. The summed E-state index contributed by atoms with van der Waals surface area (Å²) in [5, 5.41) is 2.59. The number of hydrogen-bond donors (Lipinski definition) is 1. The Labute approximate surface area is 56.0 Å². The van der Waals surface area contributed by atoms with Crippen LogP contribution in [0.2, 0.25) is 0 Å². The third-order valence-corrected chi connectivity index (χ3v) is 0.782. The van der Waals surface area contributed by atoms with E-state index in [0.717, 1.165) is 0 Å². The fraction of sp³-hybridized carbons (Fsp3) is 0.667. The van der Waals surface area contributed by atoms with Gasteiger partial charge in [-0.15, -0.1) is 0 Å². The predicted molar refractivity (Wildman–Crippen MR) is 36.9 cm³/mol. The van der Waals surface area contributed by atoms with Gasteiger partial charge in [0.05, 0.1) is 6.54 Å². The Kier molecular flexibility index (Phi) is 4.05. The molecule has 0 aromatic carbocycles. The first-order valence-corrected chi connectivity index (χ1v) is 2.87. The minimum absolute atomic E-state index is 0.0231. The van der Waals surface area contributed by atoms with Gasteiger partial charge < -0.3 is 10.2 Å². The van der Waals surface area contributed by atoms with Gasteiger partial charge in [0.15, 0.2) is 0 Å². The highest BCUT2D eigenvalue weighted by Crippen LogP contribution is 1.71. The van der Waals surface area contributed by atoms with E-state index in [0.29, 0.717) is 13.1 Å². The average Bonchev–Trinajstić information content (AvgIpc) is 1.63. The van der Waals surface area contributed by atoms with Crippen molar-refractivity contribution in [2.75, 3.05) is 27.2 Å². The fourth-order valence-electron chi connectivity index (χ4n) is 0.483. The van der Waals surface area contributed by atoms with Crippen molar-refractivity contribution in [3.05, 3.63) is 6.92 Å². The van der Waals surface area contributed by atoms with Crippen molar-refractivity contribution in [2.24, 2.45) is 0 Å². The molecule has 9 heavy (non-hydrogen) atoms. The van der Waals surface area contributed by atoms with Gasteiger partial charge in [0.1, 0.15) is 0 Å². The van der Waals surface area contributed by atoms with Gasteiger partial charge in [-0.05, 0) is 21.0 Å². The van der Waals surface area contributed by atoms with Crippen LogP contribution in [0.25, 0.3) is 0 Å². The summed E-state index contributed by atoms with van der Waals surface area (Å²) in [6.45, 7) is 4.39. The van der Waals surface area contributed by atoms with Crippen LogP contribution in [0.5, 0.6) is 0 Å². The lowest BCUT2D eigenvalue weighted by molar-refractivity contribution is -0.121. The number of nitrogens with zero attached hydrogens (tertiary/aromatic N) is 1. The number of carbonyl (C=O) groups is 1. The van der Waals surface area contributed by atoms with Crippen molar-refractivity contribution in [2.45, 2.75) is 0 Å². The number of carbonyl (C=O) groups excluding carboxylic acids is 1. The largest absolute Gasteiger partial charge is 0.355 e. The van der Waals surface area contributed by atoms with E-state index >= 15 is 0 Å². The Morgan fingerprint density at radius 1 is 1.67 bits per heavy atom. The first kappa shape index (κ1) is 8.43. The summed E-state index contributed by atoms with van der Waals surface area (Å²) >= 11 is 0. The molecule has 0 rings (SSSR count). The maximum absolute atomic E-state index is 10.7. The Morgan fingerprint density at radius 2 is 2.22 bits per heavy atom. The fourth-order valence-corrected chi connectivity index (χ4v) is 0.483. The first-order chi connectivity index (χ1) is 4.16. The highest BCUT2D eigenvalue weighted by atomic mass is 16.1. The molecule has 3 nitrogen and oxygen atoms in total. The van der Waals surface area contributed by atoms with Crippen LogP contribution < -0.4 is 5.32 Å². The third-order valence-electron chi connectivity index (χ3n) is 0.782. The monoisotopic (exact) mass is 129 g/mol. The number of nitrogens with one attached hydrogen (secondary N) is 1. The second-order valence-corrected chi connectivity index (χ2v) is 2.09. The van der Waals surface area contributed by atoms with Crippen LogP contribution in [0.4, 0.5) is 0 Å². The summed E-state index contributed by atoms with van der Waals surface area (Å²) in [7, 11) is 3.70. The zero-order valence-electron chi connectivity index (χ0n) is 5.98. The maximum Gasteiger partial charge on any atom is 0.234 e. The maximum atomic E-state index is 10.7. The summed E-state index contributed by atoms with van der Waals surface area (Å²) in [5.41, 5.74) is 0. The molecule has 0 saturated carbocycles. The molecule has 0 saturated heterocycles. The van der Waals surface area contributed by atoms with Crippen molar-refractivity contribution < 1.29 is 4.79 Å². The SMILES string of the molecule is [CH2]CNC(=O)CN(C)C. The lowest BCUT2D eigenvalue weighted by Crippen LogP contribution is -2.32. The summed E-state index contributed by atoms with van der Waals surface area (Å²) in [6.07, 6.45) is 0. The zero-order chi connectivity index (χ0) is 7.28. The molecule has 1 radical (unpaired) electrons. The second-order valence-electron chi connectivity index (χ2n) is 2.09. The van der Waals surface area contributed by atoms with Gasteiger partial charge in [-0.2, -0.15) is 0 Å². The van der Waals surface area contributed by atoms with Gasteiger partial charge in [0.25, 0.3) is 0 Å². The van der Waals surface area contributed by atoms with Crippen molar-refractivity contribution >= 4 is 5.91 Å². The Hall–Kier alpha value is -0.570. The summed E-state index contributed by atoms with van der Waals surface area (Å²) in [4.78, 5) is 12.5. The molecule has 0 fully saturated rings. The highest BCUT2D eigenvalue weighted by molar-refractivity contribution is 5.77. The van der Waals surface area contributed by atoms with Crippen LogP contribution in [-0.2, 0) is 4.79 Å². The van der Waals surface area contributed by atoms with E-state index in [1.54, 1.807) is 0 Å². The quantitative estimate of drug-likeness (QED) is 0.557. The van der Waals surface area contributed by atoms with Crippen molar-refractivity contribution in [1.82, 2.24) is 10.2 Å². The molecule has 3 heteroatoms. The van der Waals surface area contributed by atoms with E-state index in [4.69, 9.17) is 0 Å². The van der Waals surface area contributed by atoms with Crippen LogP contribution in [-0.4, -0.2) is 38.0 Å². The molecule has 0 aliphatic heterocycles. The van der Waals surface area contributed by atoms with Gasteiger partial charge in [0.2, 0.25) is 5.91 Å². The predicted octanol–water partition coefficient (Wildman–Crippen LogP) is -0.502. The van der Waals surface area contributed by atoms with E-state index in [-0.39, 0.29) is 5.91 Å². The van der Waals surface area contributed by atoms with E-state index in [1.165, 1.54) is 0 Å². The molecule has 0 bridgehead atoms. The van der Waals surface area contributed by atoms with Gasteiger partial charge in [-0.25, -0.2) is 0 Å². The van der Waals surface area contributed by atoms with Crippen LogP contribution in [0.3, 0.4) is 0 Å². The summed E-state index contributed by atoms with van der Waals surface area (Å²) < 4.78 is 0. The van der Waals surface area contributed by atoms with Gasteiger partial charge in [-0.3, -0.25) is 4.79 Å². The van der Waals surface area contributed by atoms with E-state index < -0.39 is 0 Å².